The van der Waals surface area contributed by atoms with Gasteiger partial charge in [-0.2, -0.15) is 5.10 Å². The molecule has 7 heteroatoms. The predicted molar refractivity (Wildman–Crippen MR) is 115 cm³/mol. The minimum Gasteiger partial charge on any atom is -0.492 e. The number of ether oxygens (including phenoxy) is 1. The van der Waals surface area contributed by atoms with Gasteiger partial charge in [-0.1, -0.05) is 6.07 Å². The van der Waals surface area contributed by atoms with Gasteiger partial charge >= 0.3 is 0 Å². The van der Waals surface area contributed by atoms with Crippen LogP contribution in [0.25, 0.3) is 5.69 Å². The fourth-order valence-corrected chi connectivity index (χ4v) is 3.31. The number of anilines is 1. The third-order valence-electron chi connectivity index (χ3n) is 4.81. The summed E-state index contributed by atoms with van der Waals surface area (Å²) in [7, 11) is 0. The van der Waals surface area contributed by atoms with E-state index in [2.05, 4.69) is 45.9 Å². The molecule has 2 aromatic heterocycles. The van der Waals surface area contributed by atoms with E-state index in [0.717, 1.165) is 17.1 Å². The second-order valence-corrected chi connectivity index (χ2v) is 6.99. The molecule has 0 unspecified atom stereocenters. The number of rotatable bonds is 7. The summed E-state index contributed by atoms with van der Waals surface area (Å²) >= 11 is 0. The SMILES string of the molecule is Cc1ccc(C)n1-c1ccc(C(=O)Nc2cccc(OCCn3cncn3)c2)cc1. The van der Waals surface area contributed by atoms with Gasteiger partial charge in [-0.25, -0.2) is 9.67 Å². The number of benzene rings is 2. The summed E-state index contributed by atoms with van der Waals surface area (Å²) in [6.07, 6.45) is 3.13. The second-order valence-electron chi connectivity index (χ2n) is 6.99. The number of hydrogen-bond acceptors (Lipinski definition) is 4. The highest BCUT2D eigenvalue weighted by Gasteiger charge is 2.09. The van der Waals surface area contributed by atoms with Crippen molar-refractivity contribution in [2.75, 3.05) is 11.9 Å². The van der Waals surface area contributed by atoms with Crippen LogP contribution in [0.3, 0.4) is 0 Å². The van der Waals surface area contributed by atoms with Crippen LogP contribution < -0.4 is 10.1 Å². The molecule has 4 rings (SSSR count). The Morgan fingerprint density at radius 2 is 1.80 bits per heavy atom. The van der Waals surface area contributed by atoms with Crippen LogP contribution in [-0.4, -0.2) is 31.8 Å². The van der Waals surface area contributed by atoms with Gasteiger partial charge in [0.2, 0.25) is 0 Å². The maximum absolute atomic E-state index is 12.6. The molecule has 2 aromatic carbocycles. The Kier molecular flexibility index (Phi) is 5.61. The maximum atomic E-state index is 12.6. The van der Waals surface area contributed by atoms with E-state index in [1.54, 1.807) is 17.1 Å². The molecule has 0 bridgehead atoms. The molecule has 0 aliphatic heterocycles. The third-order valence-corrected chi connectivity index (χ3v) is 4.81. The van der Waals surface area contributed by atoms with E-state index in [4.69, 9.17) is 4.74 Å². The van der Waals surface area contributed by atoms with Crippen LogP contribution in [0.15, 0.2) is 73.3 Å². The third kappa shape index (κ3) is 4.41. The number of nitrogens with zero attached hydrogens (tertiary/aromatic N) is 4. The van der Waals surface area contributed by atoms with Crippen molar-refractivity contribution < 1.29 is 9.53 Å². The van der Waals surface area contributed by atoms with Crippen molar-refractivity contribution in [2.45, 2.75) is 20.4 Å². The number of carbonyl (C=O) groups is 1. The molecule has 0 aliphatic rings. The van der Waals surface area contributed by atoms with Crippen LogP contribution >= 0.6 is 0 Å². The molecule has 30 heavy (non-hydrogen) atoms. The summed E-state index contributed by atoms with van der Waals surface area (Å²) in [4.78, 5) is 16.5. The molecule has 1 amide bonds. The largest absolute Gasteiger partial charge is 0.492 e. The zero-order chi connectivity index (χ0) is 20.9. The van der Waals surface area contributed by atoms with Crippen LogP contribution in [0.1, 0.15) is 21.7 Å². The monoisotopic (exact) mass is 401 g/mol. The lowest BCUT2D eigenvalue weighted by Crippen LogP contribution is -2.12. The van der Waals surface area contributed by atoms with Crippen molar-refractivity contribution in [3.05, 3.63) is 90.3 Å². The van der Waals surface area contributed by atoms with Crippen LogP contribution in [0.5, 0.6) is 5.75 Å². The predicted octanol–water partition coefficient (Wildman–Crippen LogP) is 4.02. The van der Waals surface area contributed by atoms with Crippen LogP contribution in [-0.2, 0) is 6.54 Å². The highest BCUT2D eigenvalue weighted by Crippen LogP contribution is 2.20. The van der Waals surface area contributed by atoms with E-state index < -0.39 is 0 Å². The molecule has 0 atom stereocenters. The van der Waals surface area contributed by atoms with Gasteiger partial charge in [0.1, 0.15) is 25.0 Å². The topological polar surface area (TPSA) is 74.0 Å². The number of nitrogens with one attached hydrogen (secondary N) is 1. The molecule has 0 saturated carbocycles. The standard InChI is InChI=1S/C23H23N5O2/c1-17-6-7-18(2)28(17)21-10-8-19(9-11-21)23(29)26-20-4-3-5-22(14-20)30-13-12-27-16-24-15-25-27/h3-11,14-16H,12-13H2,1-2H3,(H,26,29). The Morgan fingerprint density at radius 3 is 2.50 bits per heavy atom. The molecule has 0 fully saturated rings. The molecule has 152 valence electrons. The average Bonchev–Trinajstić information content (AvgIpc) is 3.38. The Balaban J connectivity index is 1.38. The number of amides is 1. The van der Waals surface area contributed by atoms with Gasteiger partial charge < -0.3 is 14.6 Å². The Hall–Kier alpha value is -3.87. The van der Waals surface area contributed by atoms with Gasteiger partial charge in [-0.05, 0) is 62.4 Å². The van der Waals surface area contributed by atoms with Crippen molar-refractivity contribution in [3.63, 3.8) is 0 Å². The first-order valence-corrected chi connectivity index (χ1v) is 9.72. The first kappa shape index (κ1) is 19.4. The second kappa shape index (κ2) is 8.65. The summed E-state index contributed by atoms with van der Waals surface area (Å²) in [6.45, 7) is 5.19. The fraction of sp³-hybridized carbons (Fsp3) is 0.174. The molecule has 1 N–H and O–H groups in total. The molecule has 0 radical (unpaired) electrons. The van der Waals surface area contributed by atoms with E-state index in [-0.39, 0.29) is 5.91 Å². The van der Waals surface area contributed by atoms with Crippen molar-refractivity contribution in [1.29, 1.82) is 0 Å². The summed E-state index contributed by atoms with van der Waals surface area (Å²) < 4.78 is 9.60. The van der Waals surface area contributed by atoms with Crippen LogP contribution in [0.4, 0.5) is 5.69 Å². The minimum absolute atomic E-state index is 0.165. The highest BCUT2D eigenvalue weighted by atomic mass is 16.5. The molecule has 0 spiro atoms. The van der Waals surface area contributed by atoms with Crippen molar-refractivity contribution in [1.82, 2.24) is 19.3 Å². The normalized spacial score (nSPS) is 10.7. The van der Waals surface area contributed by atoms with Crippen LogP contribution in [0, 0.1) is 13.8 Å². The van der Waals surface area contributed by atoms with Gasteiger partial charge in [0.05, 0.1) is 6.54 Å². The van der Waals surface area contributed by atoms with Crippen molar-refractivity contribution >= 4 is 11.6 Å². The van der Waals surface area contributed by atoms with Gasteiger partial charge in [-0.3, -0.25) is 4.79 Å². The molecule has 4 aromatic rings. The average molecular weight is 401 g/mol. The van der Waals surface area contributed by atoms with Crippen molar-refractivity contribution in [3.8, 4) is 11.4 Å². The highest BCUT2D eigenvalue weighted by molar-refractivity contribution is 6.04. The Morgan fingerprint density at radius 1 is 1.03 bits per heavy atom. The van der Waals surface area contributed by atoms with E-state index in [9.17, 15) is 4.79 Å². The quantitative estimate of drug-likeness (QED) is 0.508. The lowest BCUT2D eigenvalue weighted by molar-refractivity contribution is 0.102. The summed E-state index contributed by atoms with van der Waals surface area (Å²) in [6, 6.07) is 19.1. The van der Waals surface area contributed by atoms with Crippen LogP contribution in [0.2, 0.25) is 0 Å². The number of hydrogen-bond donors (Lipinski definition) is 1. The summed E-state index contributed by atoms with van der Waals surface area (Å²) in [5.74, 6) is 0.518. The van der Waals surface area contributed by atoms with Crippen molar-refractivity contribution in [2.24, 2.45) is 0 Å². The summed E-state index contributed by atoms with van der Waals surface area (Å²) in [5.41, 5.74) is 4.63. The first-order valence-electron chi connectivity index (χ1n) is 9.72. The number of carbonyl (C=O) groups excluding carboxylic acids is 1. The van der Waals surface area contributed by atoms with Gasteiger partial charge in [0.25, 0.3) is 5.91 Å². The molecule has 7 nitrogen and oxygen atoms in total. The van der Waals surface area contributed by atoms with Gasteiger partial charge in [-0.15, -0.1) is 0 Å². The molecule has 0 aliphatic carbocycles. The van der Waals surface area contributed by atoms with Gasteiger partial charge in [0.15, 0.2) is 0 Å². The number of aromatic nitrogens is 4. The molecule has 2 heterocycles. The van der Waals surface area contributed by atoms with Gasteiger partial charge in [0, 0.05) is 34.4 Å². The first-order chi connectivity index (χ1) is 14.6. The maximum Gasteiger partial charge on any atom is 0.255 e. The van der Waals surface area contributed by atoms with E-state index in [1.807, 2.05) is 42.5 Å². The fourth-order valence-electron chi connectivity index (χ4n) is 3.31. The zero-order valence-electron chi connectivity index (χ0n) is 16.9. The number of aryl methyl sites for hydroxylation is 2. The smallest absolute Gasteiger partial charge is 0.255 e. The van der Waals surface area contributed by atoms with E-state index in [1.165, 1.54) is 6.33 Å². The minimum atomic E-state index is -0.165. The zero-order valence-corrected chi connectivity index (χ0v) is 16.9. The molecule has 0 saturated heterocycles. The lowest BCUT2D eigenvalue weighted by Gasteiger charge is -2.11. The van der Waals surface area contributed by atoms with E-state index in [0.29, 0.717) is 30.2 Å². The lowest BCUT2D eigenvalue weighted by atomic mass is 10.2. The molecular formula is C23H23N5O2. The Labute approximate surface area is 174 Å². The molecular weight excluding hydrogens is 378 g/mol. The summed E-state index contributed by atoms with van der Waals surface area (Å²) in [5, 5.41) is 6.96. The van der Waals surface area contributed by atoms with E-state index >= 15 is 0 Å². The Bertz CT molecular complexity index is 1110.